The molecule has 2 heterocycles. The number of carbonyl (C=O) groups excluding carboxylic acids is 2. The summed E-state index contributed by atoms with van der Waals surface area (Å²) in [7, 11) is 0. The molecule has 1 saturated heterocycles. The van der Waals surface area contributed by atoms with Crippen molar-refractivity contribution in [1.29, 1.82) is 0 Å². The molecule has 24 heavy (non-hydrogen) atoms. The molecule has 1 aromatic rings. The first-order valence-electron chi connectivity index (χ1n) is 8.79. The van der Waals surface area contributed by atoms with Gasteiger partial charge >= 0.3 is 5.97 Å². The lowest BCUT2D eigenvalue weighted by atomic mass is 10.2. The zero-order valence-corrected chi connectivity index (χ0v) is 14.7. The average molecular weight is 336 g/mol. The molecule has 0 unspecified atom stereocenters. The van der Waals surface area contributed by atoms with Crippen molar-refractivity contribution in [2.45, 2.75) is 39.7 Å². The van der Waals surface area contributed by atoms with Crippen molar-refractivity contribution in [1.82, 2.24) is 19.4 Å². The van der Waals surface area contributed by atoms with Crippen LogP contribution in [0.4, 0.5) is 0 Å². The van der Waals surface area contributed by atoms with Crippen molar-refractivity contribution in [3.8, 4) is 0 Å². The second kappa shape index (κ2) is 9.42. The molecular weight excluding hydrogens is 308 g/mol. The molecule has 0 spiro atoms. The fourth-order valence-electron chi connectivity index (χ4n) is 2.93. The number of esters is 1. The highest BCUT2D eigenvalue weighted by atomic mass is 16.5. The molecule has 1 aromatic heterocycles. The molecule has 1 aliphatic heterocycles. The van der Waals surface area contributed by atoms with E-state index in [-0.39, 0.29) is 24.7 Å². The van der Waals surface area contributed by atoms with Gasteiger partial charge in [0.1, 0.15) is 5.82 Å². The number of ether oxygens (including phenoxy) is 1. The van der Waals surface area contributed by atoms with E-state index in [0.717, 1.165) is 51.5 Å². The second-order valence-corrected chi connectivity index (χ2v) is 5.92. The fourth-order valence-corrected chi connectivity index (χ4v) is 2.93. The highest BCUT2D eigenvalue weighted by Crippen LogP contribution is 2.07. The molecule has 7 nitrogen and oxygen atoms in total. The van der Waals surface area contributed by atoms with Crippen molar-refractivity contribution in [3.63, 3.8) is 0 Å². The number of hydrogen-bond donors (Lipinski definition) is 0. The van der Waals surface area contributed by atoms with Crippen LogP contribution >= 0.6 is 0 Å². The smallest absolute Gasteiger partial charge is 0.306 e. The lowest BCUT2D eigenvalue weighted by molar-refractivity contribution is -0.146. The van der Waals surface area contributed by atoms with Crippen molar-refractivity contribution in [2.75, 3.05) is 39.3 Å². The summed E-state index contributed by atoms with van der Waals surface area (Å²) in [5.74, 6) is 0.866. The molecule has 0 radical (unpaired) electrons. The maximum Gasteiger partial charge on any atom is 0.306 e. The van der Waals surface area contributed by atoms with Gasteiger partial charge in [-0.3, -0.25) is 14.5 Å². The van der Waals surface area contributed by atoms with Crippen LogP contribution in [0.2, 0.25) is 0 Å². The van der Waals surface area contributed by atoms with E-state index in [4.69, 9.17) is 4.74 Å². The number of carbonyl (C=O) groups is 2. The van der Waals surface area contributed by atoms with E-state index in [1.165, 1.54) is 0 Å². The minimum absolute atomic E-state index is 0.0468. The summed E-state index contributed by atoms with van der Waals surface area (Å²) in [5, 5.41) is 0. The summed E-state index contributed by atoms with van der Waals surface area (Å²) in [5.41, 5.74) is 0. The van der Waals surface area contributed by atoms with Crippen LogP contribution in [0.15, 0.2) is 12.4 Å². The molecule has 2 rings (SSSR count). The molecule has 1 amide bonds. The standard InChI is InChI=1S/C17H28N4O3/c1-3-15-18-7-8-20(15)12-9-19-10-13-21(14-11-19)16(22)5-6-17(23)24-4-2/h7-8H,3-6,9-14H2,1-2H3. The normalized spacial score (nSPS) is 15.5. The third-order valence-corrected chi connectivity index (χ3v) is 4.35. The van der Waals surface area contributed by atoms with Gasteiger partial charge < -0.3 is 14.2 Å². The summed E-state index contributed by atoms with van der Waals surface area (Å²) in [4.78, 5) is 32.0. The van der Waals surface area contributed by atoms with E-state index in [1.807, 2.05) is 17.3 Å². The Balaban J connectivity index is 1.67. The van der Waals surface area contributed by atoms with Crippen LogP contribution in [0.1, 0.15) is 32.5 Å². The topological polar surface area (TPSA) is 67.7 Å². The highest BCUT2D eigenvalue weighted by Gasteiger charge is 2.21. The van der Waals surface area contributed by atoms with E-state index >= 15 is 0 Å². The Labute approximate surface area is 143 Å². The van der Waals surface area contributed by atoms with Crippen molar-refractivity contribution >= 4 is 11.9 Å². The molecule has 7 heteroatoms. The Morgan fingerprint density at radius 1 is 1.12 bits per heavy atom. The number of amides is 1. The van der Waals surface area contributed by atoms with Gasteiger partial charge in [0.25, 0.3) is 0 Å². The van der Waals surface area contributed by atoms with Crippen molar-refractivity contribution in [2.24, 2.45) is 0 Å². The minimum Gasteiger partial charge on any atom is -0.466 e. The largest absolute Gasteiger partial charge is 0.466 e. The fraction of sp³-hybridized carbons (Fsp3) is 0.706. The Kier molecular flexibility index (Phi) is 7.24. The first kappa shape index (κ1) is 18.4. The van der Waals surface area contributed by atoms with Gasteiger partial charge in [-0.2, -0.15) is 0 Å². The maximum absolute atomic E-state index is 12.1. The Hall–Kier alpha value is -1.89. The van der Waals surface area contributed by atoms with Gasteiger partial charge in [0.15, 0.2) is 0 Å². The Morgan fingerprint density at radius 3 is 2.54 bits per heavy atom. The monoisotopic (exact) mass is 336 g/mol. The van der Waals surface area contributed by atoms with Gasteiger partial charge in [-0.15, -0.1) is 0 Å². The molecule has 0 atom stereocenters. The Morgan fingerprint density at radius 2 is 1.88 bits per heavy atom. The number of aryl methyl sites for hydroxylation is 1. The molecule has 0 N–H and O–H groups in total. The van der Waals surface area contributed by atoms with Gasteiger partial charge in [-0.05, 0) is 6.92 Å². The van der Waals surface area contributed by atoms with Crippen molar-refractivity contribution < 1.29 is 14.3 Å². The van der Waals surface area contributed by atoms with Gasteiger partial charge in [-0.25, -0.2) is 4.98 Å². The molecule has 0 bridgehead atoms. The molecule has 1 fully saturated rings. The third-order valence-electron chi connectivity index (χ3n) is 4.35. The van der Waals surface area contributed by atoms with E-state index in [9.17, 15) is 9.59 Å². The van der Waals surface area contributed by atoms with Crippen LogP contribution in [0.5, 0.6) is 0 Å². The molecule has 1 aliphatic rings. The number of nitrogens with zero attached hydrogens (tertiary/aromatic N) is 4. The number of aromatic nitrogens is 2. The summed E-state index contributed by atoms with van der Waals surface area (Å²) >= 11 is 0. The average Bonchev–Trinajstić information content (AvgIpc) is 3.06. The van der Waals surface area contributed by atoms with Gasteiger partial charge in [0, 0.05) is 64.5 Å². The van der Waals surface area contributed by atoms with Crippen LogP contribution < -0.4 is 0 Å². The van der Waals surface area contributed by atoms with E-state index in [1.54, 1.807) is 6.92 Å². The van der Waals surface area contributed by atoms with Crippen LogP contribution in [-0.4, -0.2) is 70.6 Å². The number of piperazine rings is 1. The number of imidazole rings is 1. The predicted molar refractivity (Wildman–Crippen MR) is 90.5 cm³/mol. The zero-order valence-electron chi connectivity index (χ0n) is 14.7. The zero-order chi connectivity index (χ0) is 17.4. The number of rotatable bonds is 8. The third kappa shape index (κ3) is 5.33. The SMILES string of the molecule is CCOC(=O)CCC(=O)N1CCN(CCn2ccnc2CC)CC1. The van der Waals surface area contributed by atoms with E-state index in [2.05, 4.69) is 21.4 Å². The lowest BCUT2D eigenvalue weighted by Gasteiger charge is -2.34. The first-order valence-corrected chi connectivity index (χ1v) is 8.79. The second-order valence-electron chi connectivity index (χ2n) is 5.92. The molecular formula is C17H28N4O3. The van der Waals surface area contributed by atoms with Gasteiger partial charge in [0.05, 0.1) is 13.0 Å². The molecule has 0 saturated carbocycles. The summed E-state index contributed by atoms with van der Waals surface area (Å²) in [6.07, 6.45) is 5.23. The lowest BCUT2D eigenvalue weighted by Crippen LogP contribution is -2.49. The maximum atomic E-state index is 12.1. The first-order chi connectivity index (χ1) is 11.6. The Bertz CT molecular complexity index is 536. The summed E-state index contributed by atoms with van der Waals surface area (Å²) in [6, 6.07) is 0. The summed E-state index contributed by atoms with van der Waals surface area (Å²) < 4.78 is 7.05. The van der Waals surface area contributed by atoms with Crippen LogP contribution in [-0.2, 0) is 27.3 Å². The van der Waals surface area contributed by atoms with Crippen LogP contribution in [0.3, 0.4) is 0 Å². The molecule has 134 valence electrons. The quantitative estimate of drug-likeness (QED) is 0.661. The van der Waals surface area contributed by atoms with Gasteiger partial charge in [-0.1, -0.05) is 6.92 Å². The minimum atomic E-state index is -0.295. The molecule has 0 aliphatic carbocycles. The van der Waals surface area contributed by atoms with Crippen LogP contribution in [0.25, 0.3) is 0 Å². The van der Waals surface area contributed by atoms with E-state index < -0.39 is 0 Å². The van der Waals surface area contributed by atoms with E-state index in [0.29, 0.717) is 6.61 Å². The van der Waals surface area contributed by atoms with Gasteiger partial charge in [0.2, 0.25) is 5.91 Å². The van der Waals surface area contributed by atoms with Crippen molar-refractivity contribution in [3.05, 3.63) is 18.2 Å². The van der Waals surface area contributed by atoms with Crippen LogP contribution in [0, 0.1) is 0 Å². The predicted octanol–water partition coefficient (Wildman–Crippen LogP) is 0.933. The summed E-state index contributed by atoms with van der Waals surface area (Å²) in [6.45, 7) is 9.35. The number of hydrogen-bond acceptors (Lipinski definition) is 5. The highest BCUT2D eigenvalue weighted by molar-refractivity contribution is 5.81. The molecule has 0 aromatic carbocycles.